The highest BCUT2D eigenvalue weighted by Crippen LogP contribution is 2.35. The summed E-state index contributed by atoms with van der Waals surface area (Å²) >= 11 is 7.82. The van der Waals surface area contributed by atoms with E-state index in [0.717, 1.165) is 40.5 Å². The lowest BCUT2D eigenvalue weighted by molar-refractivity contribution is 0.516. The third kappa shape index (κ3) is 6.60. The number of hydrogen-bond donors (Lipinski definition) is 1. The Bertz CT molecular complexity index is 966. The van der Waals surface area contributed by atoms with Crippen LogP contribution in [0.1, 0.15) is 44.9 Å². The summed E-state index contributed by atoms with van der Waals surface area (Å²) in [6.45, 7) is 11.1. The monoisotopic (exact) mass is 501 g/mol. The number of nitrogens with one attached hydrogen (secondary N) is 1. The summed E-state index contributed by atoms with van der Waals surface area (Å²) in [6, 6.07) is 7.95. The summed E-state index contributed by atoms with van der Waals surface area (Å²) in [4.78, 5) is 8.10. The van der Waals surface area contributed by atoms with Crippen LogP contribution >= 0.6 is 23.4 Å². The number of sulfonamides is 1. The van der Waals surface area contributed by atoms with Crippen molar-refractivity contribution in [1.29, 1.82) is 0 Å². The molecule has 31 heavy (non-hydrogen) atoms. The van der Waals surface area contributed by atoms with Gasteiger partial charge in [0, 0.05) is 24.9 Å². The highest BCUT2D eigenvalue weighted by atomic mass is 35.5. The van der Waals surface area contributed by atoms with Crippen molar-refractivity contribution in [3.63, 3.8) is 0 Å². The van der Waals surface area contributed by atoms with Gasteiger partial charge in [-0.1, -0.05) is 57.6 Å². The fraction of sp³-hybridized carbons (Fsp3) is 0.591. The van der Waals surface area contributed by atoms with E-state index in [9.17, 15) is 8.42 Å². The molecule has 1 aromatic carbocycles. The minimum atomic E-state index is -3.58. The fourth-order valence-electron chi connectivity index (χ4n) is 2.88. The average molecular weight is 502 g/mol. The number of halogens is 1. The Balaban J connectivity index is 2.05. The first kappa shape index (κ1) is 26.4. The highest BCUT2D eigenvalue weighted by molar-refractivity contribution is 7.98. The van der Waals surface area contributed by atoms with Gasteiger partial charge in [-0.05, 0) is 47.7 Å². The van der Waals surface area contributed by atoms with E-state index in [-0.39, 0.29) is 10.1 Å². The smallest absolute Gasteiger partial charge is 0.261 e. The summed E-state index contributed by atoms with van der Waals surface area (Å²) in [5.41, 5.74) is 2.88. The lowest BCUT2D eigenvalue weighted by Gasteiger charge is -2.34. The molecule has 2 rings (SSSR count). The molecule has 0 unspecified atom stereocenters. The van der Waals surface area contributed by atoms with Crippen LogP contribution in [0.25, 0.3) is 0 Å². The zero-order valence-electron chi connectivity index (χ0n) is 19.8. The largest absolute Gasteiger partial charge is 0.349 e. The molecule has 2 aromatic rings. The van der Waals surface area contributed by atoms with Gasteiger partial charge >= 0.3 is 0 Å². The Labute approximate surface area is 198 Å². The first-order valence-corrected chi connectivity index (χ1v) is 16.6. The number of H-pyrrole nitrogens is 1. The SMILES string of the molecule is CN(C)S(=O)(=O)c1nc([Si](C)(C)C(C)(C)C)[nH]c1CCCCSCc1ccc(Cl)cc1. The molecule has 0 atom stereocenters. The van der Waals surface area contributed by atoms with Crippen molar-refractivity contribution in [2.45, 2.75) is 68.9 Å². The molecule has 0 saturated carbocycles. The van der Waals surface area contributed by atoms with Gasteiger partial charge in [-0.25, -0.2) is 17.7 Å². The molecule has 0 aliphatic rings. The van der Waals surface area contributed by atoms with Crippen LogP contribution in [-0.2, 0) is 22.2 Å². The predicted molar refractivity (Wildman–Crippen MR) is 137 cm³/mol. The lowest BCUT2D eigenvalue weighted by atomic mass is 10.2. The van der Waals surface area contributed by atoms with E-state index in [1.54, 1.807) is 14.1 Å². The summed E-state index contributed by atoms with van der Waals surface area (Å²) in [7, 11) is -2.43. The van der Waals surface area contributed by atoms with Crippen molar-refractivity contribution in [2.24, 2.45) is 0 Å². The van der Waals surface area contributed by atoms with Crippen LogP contribution in [0.4, 0.5) is 0 Å². The molecular formula is C22H36ClN3O2S2Si. The summed E-state index contributed by atoms with van der Waals surface area (Å²) in [5, 5.41) is 1.03. The van der Waals surface area contributed by atoms with Crippen molar-refractivity contribution >= 4 is 46.9 Å². The third-order valence-electron chi connectivity index (χ3n) is 6.08. The third-order valence-corrected chi connectivity index (χ3v) is 14.4. The molecule has 0 aliphatic carbocycles. The maximum absolute atomic E-state index is 12.9. The first-order chi connectivity index (χ1) is 14.3. The zero-order valence-corrected chi connectivity index (χ0v) is 23.1. The molecule has 5 nitrogen and oxygen atoms in total. The van der Waals surface area contributed by atoms with Crippen molar-refractivity contribution in [2.75, 3.05) is 19.8 Å². The standard InChI is InChI=1S/C22H36ClN3O2S2Si/c1-22(2,3)31(6,7)21-24-19(20(25-21)30(27,28)26(4)5)10-8-9-15-29-16-17-11-13-18(23)14-12-17/h11-14H,8-10,15-16H2,1-7H3,(H,24,25). The van der Waals surface area contributed by atoms with Crippen molar-refractivity contribution in [3.05, 3.63) is 40.5 Å². The molecule has 9 heteroatoms. The molecule has 1 N–H and O–H groups in total. The normalized spacial score (nSPS) is 13.2. The summed E-state index contributed by atoms with van der Waals surface area (Å²) in [5.74, 6) is 1.98. The van der Waals surface area contributed by atoms with E-state index in [2.05, 4.69) is 56.0 Å². The number of aromatic amines is 1. The Hall–Kier alpha value is -0.803. The van der Waals surface area contributed by atoms with Gasteiger partial charge in [-0.15, -0.1) is 0 Å². The second-order valence-corrected chi connectivity index (χ2v) is 18.5. The van der Waals surface area contributed by atoms with Gasteiger partial charge in [0.2, 0.25) is 0 Å². The Morgan fingerprint density at radius 2 is 1.74 bits per heavy atom. The van der Waals surface area contributed by atoms with Crippen LogP contribution in [-0.4, -0.2) is 50.6 Å². The number of hydrogen-bond acceptors (Lipinski definition) is 4. The average Bonchev–Trinajstić information content (AvgIpc) is 3.10. The van der Waals surface area contributed by atoms with E-state index in [1.165, 1.54) is 9.87 Å². The van der Waals surface area contributed by atoms with E-state index >= 15 is 0 Å². The molecule has 0 aliphatic heterocycles. The van der Waals surface area contributed by atoms with Crippen LogP contribution in [0.2, 0.25) is 23.2 Å². The van der Waals surface area contributed by atoms with Gasteiger partial charge in [0.25, 0.3) is 10.0 Å². The summed E-state index contributed by atoms with van der Waals surface area (Å²) < 4.78 is 27.1. The van der Waals surface area contributed by atoms with Gasteiger partial charge in [0.1, 0.15) is 8.07 Å². The van der Waals surface area contributed by atoms with E-state index in [4.69, 9.17) is 11.6 Å². The van der Waals surface area contributed by atoms with Crippen LogP contribution in [0.15, 0.2) is 29.3 Å². The van der Waals surface area contributed by atoms with E-state index < -0.39 is 18.1 Å². The maximum atomic E-state index is 12.9. The second-order valence-electron chi connectivity index (χ2n) is 9.67. The Morgan fingerprint density at radius 3 is 2.29 bits per heavy atom. The number of aromatic nitrogens is 2. The van der Waals surface area contributed by atoms with Crippen molar-refractivity contribution < 1.29 is 8.42 Å². The highest BCUT2D eigenvalue weighted by Gasteiger charge is 2.41. The number of imidazole rings is 1. The number of unbranched alkanes of at least 4 members (excludes halogenated alkanes) is 1. The van der Waals surface area contributed by atoms with Crippen molar-refractivity contribution in [3.8, 4) is 0 Å². The minimum Gasteiger partial charge on any atom is -0.349 e. The fourth-order valence-corrected chi connectivity index (χ4v) is 6.65. The zero-order chi connectivity index (χ0) is 23.4. The number of rotatable bonds is 10. The number of benzene rings is 1. The van der Waals surface area contributed by atoms with Crippen molar-refractivity contribution in [1.82, 2.24) is 14.3 Å². The Morgan fingerprint density at radius 1 is 1.13 bits per heavy atom. The molecule has 0 fully saturated rings. The van der Waals surface area contributed by atoms with E-state index in [0.29, 0.717) is 6.42 Å². The van der Waals surface area contributed by atoms with Gasteiger partial charge in [0.15, 0.2) is 5.03 Å². The lowest BCUT2D eigenvalue weighted by Crippen LogP contribution is -2.51. The molecule has 0 radical (unpaired) electrons. The predicted octanol–water partition coefficient (Wildman–Crippen LogP) is 5.29. The second kappa shape index (κ2) is 10.4. The van der Waals surface area contributed by atoms with Crippen LogP contribution in [0, 0.1) is 0 Å². The minimum absolute atomic E-state index is 0.0690. The van der Waals surface area contributed by atoms with Crippen LogP contribution in [0.5, 0.6) is 0 Å². The number of thioether (sulfide) groups is 1. The molecule has 174 valence electrons. The number of aryl methyl sites for hydroxylation is 1. The molecule has 1 heterocycles. The summed E-state index contributed by atoms with van der Waals surface area (Å²) in [6.07, 6.45) is 2.63. The quantitative estimate of drug-likeness (QED) is 0.355. The molecule has 0 amide bonds. The first-order valence-electron chi connectivity index (χ1n) is 10.6. The van der Waals surface area contributed by atoms with Crippen LogP contribution in [0.3, 0.4) is 0 Å². The Kier molecular flexibility index (Phi) is 8.89. The molecule has 0 saturated heterocycles. The number of nitrogens with zero attached hydrogens (tertiary/aromatic N) is 2. The van der Waals surface area contributed by atoms with Crippen LogP contribution < -0.4 is 5.45 Å². The molecule has 0 spiro atoms. The molecule has 0 bridgehead atoms. The molecule has 1 aromatic heterocycles. The topological polar surface area (TPSA) is 66.1 Å². The molecular weight excluding hydrogens is 466 g/mol. The van der Waals surface area contributed by atoms with Gasteiger partial charge in [-0.2, -0.15) is 11.8 Å². The van der Waals surface area contributed by atoms with Gasteiger partial charge in [-0.3, -0.25) is 0 Å². The van der Waals surface area contributed by atoms with E-state index in [1.807, 2.05) is 23.9 Å². The maximum Gasteiger partial charge on any atom is 0.261 e. The van der Waals surface area contributed by atoms with Gasteiger partial charge in [0.05, 0.1) is 11.1 Å². The van der Waals surface area contributed by atoms with Gasteiger partial charge < -0.3 is 4.98 Å².